The lowest BCUT2D eigenvalue weighted by molar-refractivity contribution is -0.115. The van der Waals surface area contributed by atoms with Crippen LogP contribution >= 0.6 is 0 Å². The number of rotatable bonds is 8. The minimum Gasteiger partial charge on any atom is -0.495 e. The Morgan fingerprint density at radius 2 is 1.61 bits per heavy atom. The van der Waals surface area contributed by atoms with E-state index >= 15 is 0 Å². The average Bonchev–Trinajstić information content (AvgIpc) is 2.78. The molecule has 0 saturated carbocycles. The van der Waals surface area contributed by atoms with E-state index in [4.69, 9.17) is 4.74 Å². The van der Waals surface area contributed by atoms with Gasteiger partial charge in [-0.2, -0.15) is 0 Å². The first-order chi connectivity index (χ1) is 14.9. The second kappa shape index (κ2) is 9.77. The molecule has 0 fully saturated rings. The third-order valence-electron chi connectivity index (χ3n) is 4.22. The van der Waals surface area contributed by atoms with Gasteiger partial charge in [-0.1, -0.05) is 36.4 Å². The monoisotopic (exact) mass is 439 g/mol. The van der Waals surface area contributed by atoms with Crippen molar-refractivity contribution in [2.24, 2.45) is 0 Å². The van der Waals surface area contributed by atoms with Crippen molar-refractivity contribution in [2.45, 2.75) is 4.90 Å². The molecule has 0 radical (unpaired) electrons. The van der Waals surface area contributed by atoms with Gasteiger partial charge in [0.1, 0.15) is 5.75 Å². The Hall–Kier alpha value is -3.85. The Labute approximate surface area is 180 Å². The quantitative estimate of drug-likeness (QED) is 0.499. The van der Waals surface area contributed by atoms with Crippen molar-refractivity contribution in [3.63, 3.8) is 0 Å². The SMILES string of the molecule is COc1ccccc1NS(=O)(=O)c1cccc(NC(=O)CNC(=O)c2ccccc2)c1. The highest BCUT2D eigenvalue weighted by atomic mass is 32.2. The predicted molar refractivity (Wildman–Crippen MR) is 118 cm³/mol. The number of nitrogens with one attached hydrogen (secondary N) is 3. The number of methoxy groups -OCH3 is 1. The lowest BCUT2D eigenvalue weighted by Crippen LogP contribution is -2.32. The van der Waals surface area contributed by atoms with E-state index in [-0.39, 0.29) is 23.0 Å². The Morgan fingerprint density at radius 1 is 0.903 bits per heavy atom. The number of para-hydroxylation sites is 2. The van der Waals surface area contributed by atoms with E-state index in [1.807, 2.05) is 0 Å². The number of sulfonamides is 1. The zero-order valence-corrected chi connectivity index (χ0v) is 17.5. The molecule has 0 atom stereocenters. The fourth-order valence-electron chi connectivity index (χ4n) is 2.73. The van der Waals surface area contributed by atoms with Crippen LogP contribution < -0.4 is 20.1 Å². The molecule has 0 bridgehead atoms. The van der Waals surface area contributed by atoms with Crippen LogP contribution in [0.1, 0.15) is 10.4 Å². The maximum absolute atomic E-state index is 12.7. The van der Waals surface area contributed by atoms with Crippen LogP contribution in [-0.2, 0) is 14.8 Å². The third kappa shape index (κ3) is 5.83. The Balaban J connectivity index is 1.65. The molecule has 3 N–H and O–H groups in total. The Kier molecular flexibility index (Phi) is 6.88. The van der Waals surface area contributed by atoms with Gasteiger partial charge in [-0.15, -0.1) is 0 Å². The van der Waals surface area contributed by atoms with Gasteiger partial charge in [0.2, 0.25) is 5.91 Å². The van der Waals surface area contributed by atoms with Gasteiger partial charge < -0.3 is 15.4 Å². The molecule has 0 spiro atoms. The number of hydrogen-bond acceptors (Lipinski definition) is 5. The van der Waals surface area contributed by atoms with E-state index in [1.54, 1.807) is 60.7 Å². The smallest absolute Gasteiger partial charge is 0.262 e. The molecule has 0 saturated heterocycles. The fourth-order valence-corrected chi connectivity index (χ4v) is 3.85. The first kappa shape index (κ1) is 21.8. The molecular weight excluding hydrogens is 418 g/mol. The van der Waals surface area contributed by atoms with Gasteiger partial charge in [0.15, 0.2) is 0 Å². The zero-order valence-electron chi connectivity index (χ0n) is 16.7. The minimum absolute atomic E-state index is 0.0375. The number of carbonyl (C=O) groups excluding carboxylic acids is 2. The zero-order chi connectivity index (χ0) is 22.3. The van der Waals surface area contributed by atoms with Crippen molar-refractivity contribution < 1.29 is 22.7 Å². The third-order valence-corrected chi connectivity index (χ3v) is 5.59. The maximum Gasteiger partial charge on any atom is 0.262 e. The summed E-state index contributed by atoms with van der Waals surface area (Å²) in [4.78, 5) is 24.2. The van der Waals surface area contributed by atoms with Gasteiger partial charge in [-0.3, -0.25) is 14.3 Å². The molecule has 2 amide bonds. The van der Waals surface area contributed by atoms with Gasteiger partial charge in [0.05, 0.1) is 24.2 Å². The molecule has 0 aromatic heterocycles. The highest BCUT2D eigenvalue weighted by molar-refractivity contribution is 7.92. The van der Waals surface area contributed by atoms with E-state index in [0.29, 0.717) is 17.0 Å². The Bertz CT molecular complexity index is 1180. The summed E-state index contributed by atoms with van der Waals surface area (Å²) in [6.07, 6.45) is 0. The molecule has 3 aromatic rings. The molecule has 0 unspecified atom stereocenters. The highest BCUT2D eigenvalue weighted by Crippen LogP contribution is 2.26. The van der Waals surface area contributed by atoms with E-state index < -0.39 is 15.9 Å². The van der Waals surface area contributed by atoms with Gasteiger partial charge in [-0.25, -0.2) is 8.42 Å². The van der Waals surface area contributed by atoms with Crippen molar-refractivity contribution >= 4 is 33.2 Å². The first-order valence-electron chi connectivity index (χ1n) is 9.28. The lowest BCUT2D eigenvalue weighted by atomic mass is 10.2. The van der Waals surface area contributed by atoms with Crippen LogP contribution in [0.25, 0.3) is 0 Å². The molecule has 0 aliphatic carbocycles. The molecule has 31 heavy (non-hydrogen) atoms. The van der Waals surface area contributed by atoms with E-state index in [1.165, 1.54) is 25.3 Å². The van der Waals surface area contributed by atoms with Gasteiger partial charge in [-0.05, 0) is 42.5 Å². The largest absolute Gasteiger partial charge is 0.495 e. The summed E-state index contributed by atoms with van der Waals surface area (Å²) >= 11 is 0. The summed E-state index contributed by atoms with van der Waals surface area (Å²) in [6.45, 7) is -0.260. The van der Waals surface area contributed by atoms with Gasteiger partial charge >= 0.3 is 0 Å². The van der Waals surface area contributed by atoms with E-state index in [0.717, 1.165) is 0 Å². The number of anilines is 2. The maximum atomic E-state index is 12.7. The van der Waals surface area contributed by atoms with Gasteiger partial charge in [0.25, 0.3) is 15.9 Å². The summed E-state index contributed by atoms with van der Waals surface area (Å²) < 4.78 is 33.1. The number of hydrogen-bond donors (Lipinski definition) is 3. The summed E-state index contributed by atoms with van der Waals surface area (Å²) in [7, 11) is -2.47. The summed E-state index contributed by atoms with van der Waals surface area (Å²) in [5.74, 6) is -0.491. The summed E-state index contributed by atoms with van der Waals surface area (Å²) in [5, 5.41) is 5.09. The molecule has 3 aromatic carbocycles. The second-order valence-electron chi connectivity index (χ2n) is 6.43. The minimum atomic E-state index is -3.92. The number of carbonyl (C=O) groups is 2. The van der Waals surface area contributed by atoms with Crippen molar-refractivity contribution in [3.05, 3.63) is 84.4 Å². The molecule has 0 heterocycles. The fraction of sp³-hybridized carbons (Fsp3) is 0.0909. The molecule has 8 nitrogen and oxygen atoms in total. The van der Waals surface area contributed by atoms with Crippen molar-refractivity contribution in [3.8, 4) is 5.75 Å². The first-order valence-corrected chi connectivity index (χ1v) is 10.8. The Morgan fingerprint density at radius 3 is 2.35 bits per heavy atom. The normalized spacial score (nSPS) is 10.7. The van der Waals surface area contributed by atoms with E-state index in [9.17, 15) is 18.0 Å². The average molecular weight is 439 g/mol. The number of ether oxygens (including phenoxy) is 1. The lowest BCUT2D eigenvalue weighted by Gasteiger charge is -2.13. The molecule has 9 heteroatoms. The molecule has 3 rings (SSSR count). The van der Waals surface area contributed by atoms with Crippen LogP contribution in [-0.4, -0.2) is 33.9 Å². The number of amides is 2. The van der Waals surface area contributed by atoms with Crippen LogP contribution in [0.4, 0.5) is 11.4 Å². The van der Waals surface area contributed by atoms with Crippen molar-refractivity contribution in [1.82, 2.24) is 5.32 Å². The van der Waals surface area contributed by atoms with Crippen LogP contribution in [0, 0.1) is 0 Å². The summed E-state index contributed by atoms with van der Waals surface area (Å²) in [5.41, 5.74) is 1.01. The topological polar surface area (TPSA) is 114 Å². The standard InChI is InChI=1S/C22H21N3O5S/c1-30-20-13-6-5-12-19(20)25-31(28,29)18-11-7-10-17(14-18)24-21(26)15-23-22(27)16-8-3-2-4-9-16/h2-14,25H,15H2,1H3,(H,23,27)(H,24,26). The van der Waals surface area contributed by atoms with Crippen LogP contribution in [0.3, 0.4) is 0 Å². The van der Waals surface area contributed by atoms with Crippen LogP contribution in [0.2, 0.25) is 0 Å². The molecular formula is C22H21N3O5S. The van der Waals surface area contributed by atoms with Crippen LogP contribution in [0.15, 0.2) is 83.8 Å². The molecule has 0 aliphatic heterocycles. The highest BCUT2D eigenvalue weighted by Gasteiger charge is 2.17. The van der Waals surface area contributed by atoms with E-state index in [2.05, 4.69) is 15.4 Å². The van der Waals surface area contributed by atoms with Crippen molar-refractivity contribution in [1.29, 1.82) is 0 Å². The summed E-state index contributed by atoms with van der Waals surface area (Å²) in [6, 6.07) is 20.9. The van der Waals surface area contributed by atoms with Crippen LogP contribution in [0.5, 0.6) is 5.75 Å². The second-order valence-corrected chi connectivity index (χ2v) is 8.11. The molecule has 160 valence electrons. The van der Waals surface area contributed by atoms with Gasteiger partial charge in [0, 0.05) is 11.3 Å². The number of benzene rings is 3. The molecule has 0 aliphatic rings. The van der Waals surface area contributed by atoms with Crippen molar-refractivity contribution in [2.75, 3.05) is 23.7 Å². The predicted octanol–water partition coefficient (Wildman–Crippen LogP) is 2.86.